The van der Waals surface area contributed by atoms with Crippen LogP contribution in [0.5, 0.6) is 0 Å². The highest BCUT2D eigenvalue weighted by atomic mass is 32.1. The Kier molecular flexibility index (Phi) is 5.94. The number of benzene rings is 1. The molecule has 1 unspecified atom stereocenters. The van der Waals surface area contributed by atoms with Crippen LogP contribution in [0.1, 0.15) is 35.6 Å². The standard InChI is InChI=1S/C22H24N4O3S/c1-14-10-18(29-25-14)11-20(27)26-9-3-4-19(26)22(28)23-12-16-5-7-17(8-6-16)21-15(2)24-13-30-21/h5-8,10,13,19H,3-4,9,11-12H2,1-2H3,(H,23,28). The molecule has 8 heteroatoms. The third-order valence-corrected chi connectivity index (χ3v) is 6.28. The number of hydrogen-bond acceptors (Lipinski definition) is 6. The van der Waals surface area contributed by atoms with Crippen molar-refractivity contribution in [1.29, 1.82) is 0 Å². The van der Waals surface area contributed by atoms with Crippen LogP contribution in [0.3, 0.4) is 0 Å². The van der Waals surface area contributed by atoms with Gasteiger partial charge in [0.25, 0.3) is 0 Å². The number of nitrogens with one attached hydrogen (secondary N) is 1. The summed E-state index contributed by atoms with van der Waals surface area (Å²) in [6, 6.07) is 9.44. The number of carbonyl (C=O) groups is 2. The van der Waals surface area contributed by atoms with Gasteiger partial charge in [0.05, 0.1) is 28.2 Å². The van der Waals surface area contributed by atoms with Crippen molar-refractivity contribution < 1.29 is 14.1 Å². The predicted molar refractivity (Wildman–Crippen MR) is 114 cm³/mol. The van der Waals surface area contributed by atoms with Gasteiger partial charge in [0, 0.05) is 19.2 Å². The molecule has 2 aromatic heterocycles. The third-order valence-electron chi connectivity index (χ3n) is 5.31. The van der Waals surface area contributed by atoms with Crippen LogP contribution in [0.2, 0.25) is 0 Å². The molecular weight excluding hydrogens is 400 g/mol. The average molecular weight is 425 g/mol. The number of hydrogen-bond donors (Lipinski definition) is 1. The molecule has 3 aromatic rings. The van der Waals surface area contributed by atoms with Crippen LogP contribution in [0.25, 0.3) is 10.4 Å². The highest BCUT2D eigenvalue weighted by molar-refractivity contribution is 7.13. The first-order valence-electron chi connectivity index (χ1n) is 10.00. The lowest BCUT2D eigenvalue weighted by atomic mass is 10.1. The summed E-state index contributed by atoms with van der Waals surface area (Å²) in [6.07, 6.45) is 1.63. The second kappa shape index (κ2) is 8.79. The van der Waals surface area contributed by atoms with Crippen molar-refractivity contribution in [2.24, 2.45) is 0 Å². The van der Waals surface area contributed by atoms with E-state index in [2.05, 4.69) is 15.5 Å². The SMILES string of the molecule is Cc1cc(CC(=O)N2CCCC2C(=O)NCc2ccc(-c3scnc3C)cc2)on1. The summed E-state index contributed by atoms with van der Waals surface area (Å²) in [5.74, 6) is 0.310. The fourth-order valence-electron chi connectivity index (χ4n) is 3.75. The van der Waals surface area contributed by atoms with E-state index < -0.39 is 6.04 Å². The summed E-state index contributed by atoms with van der Waals surface area (Å²) in [4.78, 5) is 32.5. The normalized spacial score (nSPS) is 16.1. The molecule has 2 amide bonds. The van der Waals surface area contributed by atoms with Gasteiger partial charge in [-0.25, -0.2) is 4.98 Å². The second-order valence-corrected chi connectivity index (χ2v) is 8.39. The summed E-state index contributed by atoms with van der Waals surface area (Å²) < 4.78 is 5.14. The summed E-state index contributed by atoms with van der Waals surface area (Å²) in [7, 11) is 0. The third kappa shape index (κ3) is 4.43. The van der Waals surface area contributed by atoms with Gasteiger partial charge in [-0.15, -0.1) is 11.3 Å². The number of thiazole rings is 1. The molecule has 4 rings (SSSR count). The molecule has 1 aliphatic heterocycles. The molecule has 0 radical (unpaired) electrons. The minimum atomic E-state index is -0.430. The van der Waals surface area contributed by atoms with Crippen LogP contribution in [0, 0.1) is 13.8 Å². The van der Waals surface area contributed by atoms with E-state index in [1.165, 1.54) is 0 Å². The molecule has 0 aliphatic carbocycles. The molecule has 3 heterocycles. The van der Waals surface area contributed by atoms with E-state index in [9.17, 15) is 9.59 Å². The first kappa shape index (κ1) is 20.3. The van der Waals surface area contributed by atoms with Crippen molar-refractivity contribution in [2.75, 3.05) is 6.54 Å². The van der Waals surface area contributed by atoms with Gasteiger partial charge in [0.1, 0.15) is 11.8 Å². The lowest BCUT2D eigenvalue weighted by Crippen LogP contribution is -2.46. The number of rotatable bonds is 6. The Morgan fingerprint density at radius 2 is 2.07 bits per heavy atom. The zero-order valence-electron chi connectivity index (χ0n) is 17.1. The van der Waals surface area contributed by atoms with Crippen LogP contribution < -0.4 is 5.32 Å². The first-order chi connectivity index (χ1) is 14.5. The lowest BCUT2D eigenvalue weighted by Gasteiger charge is -2.23. The highest BCUT2D eigenvalue weighted by Crippen LogP contribution is 2.27. The van der Waals surface area contributed by atoms with Gasteiger partial charge in [-0.3, -0.25) is 9.59 Å². The smallest absolute Gasteiger partial charge is 0.243 e. The molecule has 1 atom stereocenters. The number of nitrogens with zero attached hydrogens (tertiary/aromatic N) is 3. The Morgan fingerprint density at radius 3 is 2.73 bits per heavy atom. The van der Waals surface area contributed by atoms with E-state index in [-0.39, 0.29) is 18.2 Å². The molecular formula is C22H24N4O3S. The van der Waals surface area contributed by atoms with Gasteiger partial charge < -0.3 is 14.7 Å². The number of likely N-dealkylation sites (tertiary alicyclic amines) is 1. The zero-order valence-corrected chi connectivity index (χ0v) is 17.9. The van der Waals surface area contributed by atoms with E-state index >= 15 is 0 Å². The van der Waals surface area contributed by atoms with Gasteiger partial charge >= 0.3 is 0 Å². The van der Waals surface area contributed by atoms with Crippen molar-refractivity contribution >= 4 is 23.2 Å². The van der Waals surface area contributed by atoms with Gasteiger partial charge in [-0.05, 0) is 37.8 Å². The van der Waals surface area contributed by atoms with Crippen molar-refractivity contribution in [1.82, 2.24) is 20.4 Å². The van der Waals surface area contributed by atoms with Crippen LogP contribution in [0.15, 0.2) is 40.4 Å². The molecule has 156 valence electrons. The van der Waals surface area contributed by atoms with Gasteiger partial charge in [-0.1, -0.05) is 29.4 Å². The van der Waals surface area contributed by atoms with E-state index in [0.717, 1.165) is 33.8 Å². The monoisotopic (exact) mass is 424 g/mol. The van der Waals surface area contributed by atoms with Gasteiger partial charge in [0.2, 0.25) is 11.8 Å². The molecule has 1 N–H and O–H groups in total. The topological polar surface area (TPSA) is 88.3 Å². The quantitative estimate of drug-likeness (QED) is 0.656. The molecule has 1 aromatic carbocycles. The van der Waals surface area contributed by atoms with Crippen molar-refractivity contribution in [3.63, 3.8) is 0 Å². The van der Waals surface area contributed by atoms with Gasteiger partial charge in [0.15, 0.2) is 0 Å². The summed E-state index contributed by atoms with van der Waals surface area (Å²) in [5, 5.41) is 6.79. The van der Waals surface area contributed by atoms with Crippen LogP contribution in [-0.4, -0.2) is 39.4 Å². The molecule has 0 spiro atoms. The number of aryl methyl sites for hydroxylation is 2. The van der Waals surface area contributed by atoms with Crippen molar-refractivity contribution in [3.05, 3.63) is 58.6 Å². The number of amides is 2. The summed E-state index contributed by atoms with van der Waals surface area (Å²) >= 11 is 1.62. The molecule has 1 fully saturated rings. The Morgan fingerprint density at radius 1 is 1.27 bits per heavy atom. The molecule has 0 saturated carbocycles. The van der Waals surface area contributed by atoms with E-state index in [0.29, 0.717) is 25.3 Å². The van der Waals surface area contributed by atoms with Crippen LogP contribution in [0.4, 0.5) is 0 Å². The first-order valence-corrected chi connectivity index (χ1v) is 10.9. The highest BCUT2D eigenvalue weighted by Gasteiger charge is 2.34. The lowest BCUT2D eigenvalue weighted by molar-refractivity contribution is -0.138. The molecule has 0 bridgehead atoms. The second-order valence-electron chi connectivity index (χ2n) is 7.54. The summed E-state index contributed by atoms with van der Waals surface area (Å²) in [5.41, 5.74) is 5.75. The van der Waals surface area contributed by atoms with E-state index in [4.69, 9.17) is 4.52 Å². The average Bonchev–Trinajstić information content (AvgIpc) is 3.48. The largest absolute Gasteiger partial charge is 0.361 e. The van der Waals surface area contributed by atoms with Gasteiger partial charge in [-0.2, -0.15) is 0 Å². The van der Waals surface area contributed by atoms with Crippen molar-refractivity contribution in [2.45, 2.75) is 45.7 Å². The van der Waals surface area contributed by atoms with Crippen LogP contribution in [-0.2, 0) is 22.6 Å². The Hall–Kier alpha value is -3.00. The number of carbonyl (C=O) groups excluding carboxylic acids is 2. The minimum Gasteiger partial charge on any atom is -0.361 e. The summed E-state index contributed by atoms with van der Waals surface area (Å²) in [6.45, 7) is 4.83. The molecule has 30 heavy (non-hydrogen) atoms. The number of aromatic nitrogens is 2. The Balaban J connectivity index is 1.34. The van der Waals surface area contributed by atoms with E-state index in [1.54, 1.807) is 22.3 Å². The zero-order chi connectivity index (χ0) is 21.1. The molecule has 1 saturated heterocycles. The maximum absolute atomic E-state index is 12.7. The Bertz CT molecular complexity index is 1040. The predicted octanol–water partition coefficient (Wildman–Crippen LogP) is 3.26. The van der Waals surface area contributed by atoms with Crippen molar-refractivity contribution in [3.8, 4) is 10.4 Å². The molecule has 1 aliphatic rings. The fraction of sp³-hybridized carbons (Fsp3) is 0.364. The van der Waals surface area contributed by atoms with E-state index in [1.807, 2.05) is 43.6 Å². The Labute approximate surface area is 179 Å². The maximum Gasteiger partial charge on any atom is 0.243 e. The minimum absolute atomic E-state index is 0.104. The fourth-order valence-corrected chi connectivity index (χ4v) is 4.56. The van der Waals surface area contributed by atoms with Crippen LogP contribution >= 0.6 is 11.3 Å². The molecule has 7 nitrogen and oxygen atoms in total. The maximum atomic E-state index is 12.7.